The van der Waals surface area contributed by atoms with Crippen LogP contribution in [0.3, 0.4) is 0 Å². The van der Waals surface area contributed by atoms with Crippen molar-refractivity contribution in [2.45, 2.75) is 13.8 Å². The van der Waals surface area contributed by atoms with Gasteiger partial charge in [-0.05, 0) is 13.8 Å². The molecule has 0 N–H and O–H groups in total. The number of nitrogens with zero attached hydrogens (tertiary/aromatic N) is 3. The van der Waals surface area contributed by atoms with Crippen LogP contribution in [0.25, 0.3) is 11.3 Å². The zero-order valence-corrected chi connectivity index (χ0v) is 9.63. The van der Waals surface area contributed by atoms with Crippen LogP contribution >= 0.6 is 11.3 Å². The molecule has 0 aromatic carbocycles. The number of rotatable bonds is 2. The summed E-state index contributed by atoms with van der Waals surface area (Å²) in [6, 6.07) is 0. The molecular formula is C10H11N3OS. The molecule has 0 bridgehead atoms. The van der Waals surface area contributed by atoms with Crippen LogP contribution in [0, 0.1) is 13.8 Å². The monoisotopic (exact) mass is 221 g/mol. The van der Waals surface area contributed by atoms with Crippen LogP contribution in [0.1, 0.15) is 21.2 Å². The maximum absolute atomic E-state index is 10.6. The van der Waals surface area contributed by atoms with Crippen molar-refractivity contribution < 1.29 is 4.79 Å². The molecule has 2 heterocycles. The minimum absolute atomic E-state index is 0.507. The van der Waals surface area contributed by atoms with Gasteiger partial charge in [-0.25, -0.2) is 4.98 Å². The molecule has 0 aliphatic heterocycles. The number of hydrogen-bond donors (Lipinski definition) is 0. The smallest absolute Gasteiger partial charge is 0.178 e. The number of carbonyl (C=O) groups excluding carboxylic acids is 1. The molecule has 4 nitrogen and oxygen atoms in total. The number of thiazole rings is 1. The van der Waals surface area contributed by atoms with Crippen LogP contribution in [0.5, 0.6) is 0 Å². The van der Waals surface area contributed by atoms with E-state index in [4.69, 9.17) is 0 Å². The summed E-state index contributed by atoms with van der Waals surface area (Å²) in [5.41, 5.74) is 3.88. The summed E-state index contributed by atoms with van der Waals surface area (Å²) in [5, 5.41) is 6.71. The van der Waals surface area contributed by atoms with Gasteiger partial charge >= 0.3 is 0 Å². The van der Waals surface area contributed by atoms with Gasteiger partial charge in [-0.3, -0.25) is 9.48 Å². The number of aryl methyl sites for hydroxylation is 2. The number of hydrogen-bond acceptors (Lipinski definition) is 4. The van der Waals surface area contributed by atoms with Crippen molar-refractivity contribution in [3.05, 3.63) is 21.8 Å². The van der Waals surface area contributed by atoms with Gasteiger partial charge < -0.3 is 0 Å². The van der Waals surface area contributed by atoms with E-state index < -0.39 is 0 Å². The maximum atomic E-state index is 10.6. The number of aromatic nitrogens is 3. The average molecular weight is 221 g/mol. The van der Waals surface area contributed by atoms with Crippen molar-refractivity contribution in [3.8, 4) is 11.3 Å². The van der Waals surface area contributed by atoms with E-state index in [9.17, 15) is 4.79 Å². The molecule has 2 rings (SSSR count). The molecule has 0 spiro atoms. The molecule has 78 valence electrons. The van der Waals surface area contributed by atoms with Crippen molar-refractivity contribution in [3.63, 3.8) is 0 Å². The molecule has 5 heteroatoms. The Morgan fingerprint density at radius 1 is 1.47 bits per heavy atom. The molecule has 0 atom stereocenters. The molecule has 2 aromatic heterocycles. The van der Waals surface area contributed by atoms with Crippen LogP contribution < -0.4 is 0 Å². The summed E-state index contributed by atoms with van der Waals surface area (Å²) in [4.78, 5) is 14.8. The van der Waals surface area contributed by atoms with E-state index in [2.05, 4.69) is 10.1 Å². The van der Waals surface area contributed by atoms with Gasteiger partial charge in [-0.15, -0.1) is 11.3 Å². The predicted octanol–water partition coefficient (Wildman–Crippen LogP) is 1.97. The first kappa shape index (κ1) is 10.0. The Bertz CT molecular complexity index is 513. The lowest BCUT2D eigenvalue weighted by molar-refractivity contribution is 0.112. The number of aldehydes is 1. The van der Waals surface area contributed by atoms with E-state index in [1.54, 1.807) is 0 Å². The third-order valence-corrected chi connectivity index (χ3v) is 3.16. The van der Waals surface area contributed by atoms with Gasteiger partial charge in [0.1, 0.15) is 0 Å². The SMILES string of the molecule is Cc1nn(C)c(C)c1-c1csc(C=O)n1. The van der Waals surface area contributed by atoms with Crippen molar-refractivity contribution in [1.29, 1.82) is 0 Å². The fourth-order valence-corrected chi connectivity index (χ4v) is 2.21. The van der Waals surface area contributed by atoms with Gasteiger partial charge in [0.25, 0.3) is 0 Å². The molecule has 0 aliphatic rings. The first-order valence-corrected chi connectivity index (χ1v) is 5.42. The minimum Gasteiger partial charge on any atom is -0.295 e. The summed E-state index contributed by atoms with van der Waals surface area (Å²) in [6.45, 7) is 3.94. The normalized spacial score (nSPS) is 10.6. The summed E-state index contributed by atoms with van der Waals surface area (Å²) < 4.78 is 1.82. The molecule has 0 fully saturated rings. The number of carbonyl (C=O) groups is 1. The van der Waals surface area contributed by atoms with E-state index in [0.717, 1.165) is 28.9 Å². The Balaban J connectivity index is 2.57. The second-order valence-electron chi connectivity index (χ2n) is 3.36. The molecule has 15 heavy (non-hydrogen) atoms. The van der Waals surface area contributed by atoms with Crippen molar-refractivity contribution in [2.75, 3.05) is 0 Å². The Labute approximate surface area is 91.6 Å². The quantitative estimate of drug-likeness (QED) is 0.728. The highest BCUT2D eigenvalue weighted by molar-refractivity contribution is 7.11. The third kappa shape index (κ3) is 1.59. The van der Waals surface area contributed by atoms with Crippen LogP contribution in [0.2, 0.25) is 0 Å². The minimum atomic E-state index is 0.507. The fourth-order valence-electron chi connectivity index (χ4n) is 1.60. The highest BCUT2D eigenvalue weighted by Gasteiger charge is 2.14. The van der Waals surface area contributed by atoms with E-state index >= 15 is 0 Å². The molecule has 0 radical (unpaired) electrons. The van der Waals surface area contributed by atoms with E-state index in [-0.39, 0.29) is 0 Å². The van der Waals surface area contributed by atoms with Crippen LogP contribution in [0.4, 0.5) is 0 Å². The first-order valence-electron chi connectivity index (χ1n) is 4.54. The van der Waals surface area contributed by atoms with Gasteiger partial charge in [-0.2, -0.15) is 5.10 Å². The zero-order valence-electron chi connectivity index (χ0n) is 8.81. The van der Waals surface area contributed by atoms with Crippen molar-refractivity contribution in [2.24, 2.45) is 7.05 Å². The van der Waals surface area contributed by atoms with Crippen LogP contribution in [0.15, 0.2) is 5.38 Å². The Morgan fingerprint density at radius 3 is 2.67 bits per heavy atom. The predicted molar refractivity (Wildman–Crippen MR) is 59.2 cm³/mol. The molecule has 0 amide bonds. The summed E-state index contributed by atoms with van der Waals surface area (Å²) in [5.74, 6) is 0. The van der Waals surface area contributed by atoms with Crippen molar-refractivity contribution >= 4 is 17.6 Å². The zero-order chi connectivity index (χ0) is 11.0. The van der Waals surface area contributed by atoms with Crippen LogP contribution in [-0.2, 0) is 7.05 Å². The Hall–Kier alpha value is -1.49. The van der Waals surface area contributed by atoms with Gasteiger partial charge in [0.15, 0.2) is 11.3 Å². The molecular weight excluding hydrogens is 210 g/mol. The largest absolute Gasteiger partial charge is 0.295 e. The molecule has 0 saturated carbocycles. The Morgan fingerprint density at radius 2 is 2.20 bits per heavy atom. The lowest BCUT2D eigenvalue weighted by Gasteiger charge is -1.96. The molecule has 2 aromatic rings. The summed E-state index contributed by atoms with van der Waals surface area (Å²) in [6.07, 6.45) is 0.773. The second kappa shape index (κ2) is 3.58. The van der Waals surface area contributed by atoms with Gasteiger partial charge in [0.2, 0.25) is 0 Å². The fraction of sp³-hybridized carbons (Fsp3) is 0.300. The van der Waals surface area contributed by atoms with Gasteiger partial charge in [0, 0.05) is 23.7 Å². The highest BCUT2D eigenvalue weighted by atomic mass is 32.1. The lowest BCUT2D eigenvalue weighted by atomic mass is 10.1. The highest BCUT2D eigenvalue weighted by Crippen LogP contribution is 2.27. The summed E-state index contributed by atoms with van der Waals surface area (Å²) >= 11 is 1.35. The molecule has 0 saturated heterocycles. The standard InChI is InChI=1S/C10H11N3OS/c1-6-10(7(2)13(3)12-6)8-5-15-9(4-14)11-8/h4-5H,1-3H3. The van der Waals surface area contributed by atoms with E-state index in [1.807, 2.05) is 31.0 Å². The Kier molecular flexibility index (Phi) is 2.40. The average Bonchev–Trinajstić information content (AvgIpc) is 2.74. The molecule has 0 unspecified atom stereocenters. The second-order valence-corrected chi connectivity index (χ2v) is 4.25. The van der Waals surface area contributed by atoms with Crippen molar-refractivity contribution in [1.82, 2.24) is 14.8 Å². The maximum Gasteiger partial charge on any atom is 0.178 e. The summed E-state index contributed by atoms with van der Waals surface area (Å²) in [7, 11) is 1.90. The van der Waals surface area contributed by atoms with E-state index in [0.29, 0.717) is 5.01 Å². The third-order valence-electron chi connectivity index (χ3n) is 2.39. The molecule has 0 aliphatic carbocycles. The van der Waals surface area contributed by atoms with Crippen LogP contribution in [-0.4, -0.2) is 21.1 Å². The van der Waals surface area contributed by atoms with Gasteiger partial charge in [-0.1, -0.05) is 0 Å². The topological polar surface area (TPSA) is 47.8 Å². The van der Waals surface area contributed by atoms with E-state index in [1.165, 1.54) is 11.3 Å². The van der Waals surface area contributed by atoms with Gasteiger partial charge in [0.05, 0.1) is 11.4 Å². The first-order chi connectivity index (χ1) is 7.13. The lowest BCUT2D eigenvalue weighted by Crippen LogP contribution is -1.92.